The van der Waals surface area contributed by atoms with Gasteiger partial charge in [-0.2, -0.15) is 0 Å². The van der Waals surface area contributed by atoms with Crippen molar-refractivity contribution < 1.29 is 57.4 Å². The van der Waals surface area contributed by atoms with Crippen molar-refractivity contribution in [2.75, 3.05) is 38.2 Å². The van der Waals surface area contributed by atoms with Gasteiger partial charge in [-0.25, -0.2) is 0 Å². The van der Waals surface area contributed by atoms with E-state index in [9.17, 15) is 18.3 Å². The maximum atomic E-state index is 11.0. The van der Waals surface area contributed by atoms with Gasteiger partial charge in [0, 0.05) is 250 Å². The maximum Gasteiger partial charge on any atom is 0.339 e. The summed E-state index contributed by atoms with van der Waals surface area (Å²) in [5, 5.41) is 0. The van der Waals surface area contributed by atoms with Crippen molar-refractivity contribution in [1.82, 2.24) is 9.80 Å². The SMILES string of the molecule is O=P(O)(O)CN(CCN(CP(=O)(O)O)CP(=O)(O)O)CP(=O)(O)O.[Na].[Na].[Na].[Na].[Na].[Na].[Na].[Na]. The Bertz CT molecular complexity index is 512. The summed E-state index contributed by atoms with van der Waals surface area (Å²) in [7, 11) is -18.8. The Hall–Kier alpha value is 8.52. The molecule has 0 unspecified atom stereocenters. The van der Waals surface area contributed by atoms with Gasteiger partial charge in [-0.1, -0.05) is 0 Å². The number of nitrogens with zero attached hydrogens (tertiary/aromatic N) is 2. The zero-order chi connectivity index (χ0) is 19.4. The van der Waals surface area contributed by atoms with Crippen LogP contribution in [0.2, 0.25) is 0 Å². The Balaban J connectivity index is -0.0000000945. The van der Waals surface area contributed by atoms with E-state index in [0.29, 0.717) is 9.80 Å². The van der Waals surface area contributed by atoms with Gasteiger partial charge in [-0.3, -0.25) is 28.1 Å². The standard InChI is InChI=1S/C6H20N2O12P4.8Na/c9-21(10,11)3-7(4-22(12,13)14)1-2-8(5-23(15,16)17)6-24(18,19)20;;;;;;;;/h1-6H2,(H2,9,10,11)(H2,12,13,14)(H2,15,16,17)(H2,18,19,20);;;;;;;;. The second-order valence-corrected chi connectivity index (χ2v) is 11.5. The van der Waals surface area contributed by atoms with Gasteiger partial charge >= 0.3 is 30.4 Å². The van der Waals surface area contributed by atoms with Gasteiger partial charge in [0.1, 0.15) is 25.1 Å². The molecule has 0 heterocycles. The third-order valence-corrected chi connectivity index (χ3v) is 5.34. The molecule has 0 fully saturated rings. The number of hydrogen-bond acceptors (Lipinski definition) is 6. The Morgan fingerprint density at radius 3 is 0.594 bits per heavy atom. The van der Waals surface area contributed by atoms with Crippen LogP contribution in [0.1, 0.15) is 0 Å². The van der Waals surface area contributed by atoms with Crippen LogP contribution in [0.5, 0.6) is 0 Å². The Morgan fingerprint density at radius 2 is 0.500 bits per heavy atom. The molecule has 0 atom stereocenters. The normalized spacial score (nSPS) is 10.9. The molecule has 0 spiro atoms. The van der Waals surface area contributed by atoms with Crippen LogP contribution in [0, 0.1) is 0 Å². The minimum atomic E-state index is -4.69. The number of hydrogen-bond donors (Lipinski definition) is 8. The zero-order valence-corrected chi connectivity index (χ0v) is 39.7. The molecule has 0 saturated carbocycles. The van der Waals surface area contributed by atoms with Crippen LogP contribution in [0.15, 0.2) is 0 Å². The summed E-state index contributed by atoms with van der Waals surface area (Å²) in [5.74, 6) is 0. The summed E-state index contributed by atoms with van der Waals surface area (Å²) < 4.78 is 43.9. The molecule has 0 aliphatic rings. The Kier molecular flexibility index (Phi) is 58.9. The second kappa shape index (κ2) is 29.6. The first-order valence-electron chi connectivity index (χ1n) is 5.99. The van der Waals surface area contributed by atoms with Crippen LogP contribution in [0.25, 0.3) is 0 Å². The van der Waals surface area contributed by atoms with E-state index in [0.717, 1.165) is 0 Å². The fourth-order valence-corrected chi connectivity index (χ4v) is 5.06. The molecule has 8 N–H and O–H groups in total. The van der Waals surface area contributed by atoms with Crippen molar-refractivity contribution in [3.05, 3.63) is 0 Å². The van der Waals surface area contributed by atoms with Crippen LogP contribution in [-0.4, -0.2) is 324 Å². The van der Waals surface area contributed by atoms with Gasteiger partial charge in [0.15, 0.2) is 0 Å². The van der Waals surface area contributed by atoms with Crippen LogP contribution < -0.4 is 0 Å². The summed E-state index contributed by atoms with van der Waals surface area (Å²) >= 11 is 0. The van der Waals surface area contributed by atoms with E-state index in [1.54, 1.807) is 0 Å². The van der Waals surface area contributed by atoms with Crippen LogP contribution in [0.4, 0.5) is 0 Å². The minimum Gasteiger partial charge on any atom is -0.324 e. The van der Waals surface area contributed by atoms with Crippen LogP contribution in [-0.2, 0) is 18.3 Å². The average molecular weight is 620 g/mol. The first-order valence-corrected chi connectivity index (χ1v) is 13.2. The molecule has 0 amide bonds. The van der Waals surface area contributed by atoms with Crippen molar-refractivity contribution in [2.45, 2.75) is 0 Å². The van der Waals surface area contributed by atoms with Crippen molar-refractivity contribution in [1.29, 1.82) is 0 Å². The molecular formula is C6H20N2Na8O12P4. The third-order valence-electron chi connectivity index (χ3n) is 2.27. The molecule has 0 aromatic carbocycles. The van der Waals surface area contributed by atoms with E-state index in [1.807, 2.05) is 0 Å². The fraction of sp³-hybridized carbons (Fsp3) is 1.00. The van der Waals surface area contributed by atoms with E-state index in [-0.39, 0.29) is 236 Å². The molecule has 154 valence electrons. The molecule has 0 aromatic rings. The molecule has 26 heteroatoms. The maximum absolute atomic E-state index is 11.0. The Labute approximate surface area is 364 Å². The largest absolute Gasteiger partial charge is 0.339 e. The Morgan fingerprint density at radius 1 is 0.375 bits per heavy atom. The van der Waals surface area contributed by atoms with Crippen molar-refractivity contribution in [3.8, 4) is 0 Å². The van der Waals surface area contributed by atoms with Crippen molar-refractivity contribution in [3.63, 3.8) is 0 Å². The summed E-state index contributed by atoms with van der Waals surface area (Å²) in [4.78, 5) is 72.3. The molecule has 0 saturated heterocycles. The van der Waals surface area contributed by atoms with Crippen LogP contribution >= 0.6 is 30.4 Å². The summed E-state index contributed by atoms with van der Waals surface area (Å²) in [5.41, 5.74) is 0. The fourth-order valence-electron chi connectivity index (χ4n) is 1.70. The van der Waals surface area contributed by atoms with Gasteiger partial charge in [0.25, 0.3) is 0 Å². The van der Waals surface area contributed by atoms with Gasteiger partial charge in [0.05, 0.1) is 0 Å². The molecule has 0 aromatic heterocycles. The third kappa shape index (κ3) is 48.3. The quantitative estimate of drug-likeness (QED) is 0.0799. The van der Waals surface area contributed by atoms with Gasteiger partial charge in [0.2, 0.25) is 0 Å². The smallest absolute Gasteiger partial charge is 0.324 e. The van der Waals surface area contributed by atoms with E-state index in [4.69, 9.17) is 39.1 Å². The predicted octanol–water partition coefficient (Wildman–Crippen LogP) is -4.92. The zero-order valence-electron chi connectivity index (χ0n) is 20.1. The second-order valence-electron chi connectivity index (χ2n) is 5.01. The molecular weight excluding hydrogens is 600 g/mol. The van der Waals surface area contributed by atoms with E-state index in [2.05, 4.69) is 0 Å². The van der Waals surface area contributed by atoms with Gasteiger partial charge < -0.3 is 39.1 Å². The molecule has 0 aliphatic carbocycles. The predicted molar refractivity (Wildman–Crippen MR) is 127 cm³/mol. The first kappa shape index (κ1) is 63.7. The van der Waals surface area contributed by atoms with Gasteiger partial charge in [-0.05, 0) is 0 Å². The summed E-state index contributed by atoms with van der Waals surface area (Å²) in [6, 6.07) is 0. The summed E-state index contributed by atoms with van der Waals surface area (Å²) in [6.45, 7) is -1.01. The first-order chi connectivity index (χ1) is 10.4. The monoisotopic (exact) mass is 620 g/mol. The molecule has 8 radical (unpaired) electrons. The molecule has 0 bridgehead atoms. The average Bonchev–Trinajstić information content (AvgIpc) is 2.16. The van der Waals surface area contributed by atoms with E-state index in [1.165, 1.54) is 0 Å². The molecule has 32 heavy (non-hydrogen) atoms. The van der Waals surface area contributed by atoms with Crippen molar-refractivity contribution in [2.24, 2.45) is 0 Å². The molecule has 14 nitrogen and oxygen atoms in total. The van der Waals surface area contributed by atoms with E-state index >= 15 is 0 Å². The molecule has 0 rings (SSSR count). The number of rotatable bonds is 11. The summed E-state index contributed by atoms with van der Waals surface area (Å²) in [6.07, 6.45) is -4.18. The minimum absolute atomic E-state index is 0. The van der Waals surface area contributed by atoms with Crippen LogP contribution in [0.3, 0.4) is 0 Å². The van der Waals surface area contributed by atoms with Crippen molar-refractivity contribution >= 4 is 267 Å². The molecule has 0 aliphatic heterocycles. The topological polar surface area (TPSA) is 237 Å². The van der Waals surface area contributed by atoms with Gasteiger partial charge in [-0.15, -0.1) is 0 Å². The van der Waals surface area contributed by atoms with E-state index < -0.39 is 68.6 Å².